The molecule has 0 bridgehead atoms. The first kappa shape index (κ1) is 46.9. The molecule has 0 radical (unpaired) electrons. The van der Waals surface area contributed by atoms with Crippen molar-refractivity contribution < 1.29 is 68.0 Å². The Morgan fingerprint density at radius 3 is 0.906 bits per heavy atom. The molecule has 7 rings (SSSR count). The molecule has 342 valence electrons. The average molecular weight is 911 g/mol. The molecule has 5 aromatic carbocycles. The second-order valence-corrected chi connectivity index (χ2v) is 16.5. The Bertz CT molecular complexity index is 2130. The minimum Gasteiger partial charge on any atom is -0.507 e. The van der Waals surface area contributed by atoms with Crippen molar-refractivity contribution >= 4 is 0 Å². The van der Waals surface area contributed by atoms with Crippen LogP contribution in [-0.4, -0.2) is 50.3 Å². The number of aliphatic hydroxyl groups is 2. The van der Waals surface area contributed by atoms with E-state index < -0.39 is 70.2 Å². The number of phenolic OH excluding ortho intramolecular Hbond substituents is 1. The summed E-state index contributed by atoms with van der Waals surface area (Å²) in [5.41, 5.74) is -6.86. The predicted molar refractivity (Wildman–Crippen MR) is 211 cm³/mol. The Morgan fingerprint density at radius 1 is 0.438 bits per heavy atom. The molecule has 2 heterocycles. The van der Waals surface area contributed by atoms with Gasteiger partial charge in [0.15, 0.2) is 0 Å². The van der Waals surface area contributed by atoms with Crippen LogP contribution in [0.1, 0.15) is 86.9 Å². The number of aromatic hydroxyl groups is 1. The number of phenols is 1. The Hall–Kier alpha value is -5.10. The number of hydrogen-bond acceptors (Lipinski definition) is 5. The van der Waals surface area contributed by atoms with Gasteiger partial charge in [0.1, 0.15) is 17.0 Å². The van der Waals surface area contributed by atoms with E-state index in [9.17, 15) is 68.0 Å². The molecule has 0 aromatic heterocycles. The summed E-state index contributed by atoms with van der Waals surface area (Å²) in [7, 11) is 0. The molecule has 2 aliphatic rings. The van der Waals surface area contributed by atoms with Crippen molar-refractivity contribution in [1.29, 1.82) is 0 Å². The summed E-state index contributed by atoms with van der Waals surface area (Å²) in [6, 6.07) is 16.5. The highest BCUT2D eigenvalue weighted by Gasteiger charge is 2.48. The normalized spacial score (nSPS) is 18.5. The molecule has 5 nitrogen and oxygen atoms in total. The van der Waals surface area contributed by atoms with Gasteiger partial charge in [-0.3, -0.25) is 9.80 Å². The van der Waals surface area contributed by atoms with Crippen LogP contribution in [0.2, 0.25) is 0 Å². The Labute approximate surface area is 360 Å². The second-order valence-electron chi connectivity index (χ2n) is 16.5. The predicted octanol–water partition coefficient (Wildman–Crippen LogP) is 11.6. The molecule has 0 amide bonds. The fourth-order valence-electron chi connectivity index (χ4n) is 9.35. The number of hydrogen-bond donors (Lipinski definition) is 3. The third-order valence-corrected chi connectivity index (χ3v) is 12.5. The zero-order valence-electron chi connectivity index (χ0n) is 34.0. The molecule has 64 heavy (non-hydrogen) atoms. The topological polar surface area (TPSA) is 67.2 Å². The van der Waals surface area contributed by atoms with E-state index >= 15 is 0 Å². The lowest BCUT2D eigenvalue weighted by Crippen LogP contribution is -2.48. The first-order chi connectivity index (χ1) is 29.8. The first-order valence-corrected chi connectivity index (χ1v) is 20.3. The van der Waals surface area contributed by atoms with Gasteiger partial charge in [-0.05, 0) is 116 Å². The van der Waals surface area contributed by atoms with Gasteiger partial charge >= 0.3 is 24.7 Å². The van der Waals surface area contributed by atoms with E-state index in [-0.39, 0.29) is 53.9 Å². The maximum atomic E-state index is 13.6. The number of halogens is 12. The molecule has 2 aliphatic heterocycles. The van der Waals surface area contributed by atoms with Gasteiger partial charge in [-0.1, -0.05) is 66.2 Å². The van der Waals surface area contributed by atoms with Gasteiger partial charge in [0, 0.05) is 36.3 Å². The van der Waals surface area contributed by atoms with Crippen molar-refractivity contribution in [3.63, 3.8) is 0 Å². The Morgan fingerprint density at radius 2 is 0.672 bits per heavy atom. The molecule has 2 fully saturated rings. The molecule has 2 atom stereocenters. The third kappa shape index (κ3) is 9.22. The van der Waals surface area contributed by atoms with E-state index in [2.05, 4.69) is 0 Å². The van der Waals surface area contributed by atoms with Gasteiger partial charge in [0.2, 0.25) is 0 Å². The lowest BCUT2D eigenvalue weighted by Gasteiger charge is -2.41. The monoisotopic (exact) mass is 910 g/mol. The highest BCUT2D eigenvalue weighted by molar-refractivity contribution is 5.46. The molecule has 0 unspecified atom stereocenters. The molecular formula is C47H42F12N2O3. The molecule has 3 N–H and O–H groups in total. The molecule has 0 saturated carbocycles. The quantitative estimate of drug-likeness (QED) is 0.122. The van der Waals surface area contributed by atoms with Crippen LogP contribution in [-0.2, 0) is 49.0 Å². The lowest BCUT2D eigenvalue weighted by atomic mass is 9.78. The highest BCUT2D eigenvalue weighted by Crippen LogP contribution is 2.46. The maximum absolute atomic E-state index is 13.6. The van der Waals surface area contributed by atoms with E-state index in [1.807, 2.05) is 0 Å². The van der Waals surface area contributed by atoms with Gasteiger partial charge in [0.25, 0.3) is 0 Å². The smallest absolute Gasteiger partial charge is 0.416 e. The fraction of sp³-hybridized carbons (Fsp3) is 0.362. The minimum absolute atomic E-state index is 0.0000313. The Balaban J connectivity index is 1.22. The third-order valence-electron chi connectivity index (χ3n) is 12.5. The van der Waals surface area contributed by atoms with Crippen LogP contribution in [0, 0.1) is 6.92 Å². The van der Waals surface area contributed by atoms with Crippen LogP contribution in [0.4, 0.5) is 52.7 Å². The zero-order valence-corrected chi connectivity index (χ0v) is 34.0. The summed E-state index contributed by atoms with van der Waals surface area (Å²) in [6.07, 6.45) is -17.4. The minimum atomic E-state index is -4.71. The maximum Gasteiger partial charge on any atom is 0.416 e. The SMILES string of the molecule is Cc1cc(CN2CCC[C@H]2C(O)(c2ccc(C(F)(F)F)cc2)c2ccc(C(F)(F)F)cc2)c(O)c(CN2CCC[C@H]2C(O)(c2ccc(C(F)(F)F)cc2)c2ccc(C(F)(F)F)cc2)c1. The van der Waals surface area contributed by atoms with E-state index in [0.29, 0.717) is 42.6 Å². The van der Waals surface area contributed by atoms with Crippen molar-refractivity contribution in [3.8, 4) is 5.75 Å². The number of benzene rings is 5. The number of likely N-dealkylation sites (tertiary alicyclic amines) is 2. The number of alkyl halides is 12. The summed E-state index contributed by atoms with van der Waals surface area (Å²) < 4.78 is 163. The van der Waals surface area contributed by atoms with Crippen LogP contribution in [0.3, 0.4) is 0 Å². The summed E-state index contributed by atoms with van der Waals surface area (Å²) in [5.74, 6) is -0.192. The summed E-state index contributed by atoms with van der Waals surface area (Å²) in [5, 5.41) is 37.2. The average Bonchev–Trinajstić information content (AvgIpc) is 3.91. The van der Waals surface area contributed by atoms with Crippen molar-refractivity contribution in [2.45, 2.75) is 93.7 Å². The van der Waals surface area contributed by atoms with Crippen LogP contribution < -0.4 is 0 Å². The van der Waals surface area contributed by atoms with Crippen LogP contribution in [0.15, 0.2) is 109 Å². The largest absolute Gasteiger partial charge is 0.507 e. The molecule has 2 saturated heterocycles. The molecule has 0 spiro atoms. The van der Waals surface area contributed by atoms with E-state index in [1.165, 1.54) is 0 Å². The van der Waals surface area contributed by atoms with Gasteiger partial charge in [0.05, 0.1) is 22.3 Å². The summed E-state index contributed by atoms with van der Waals surface area (Å²) in [6.45, 7) is 2.33. The molecule has 5 aromatic rings. The zero-order chi connectivity index (χ0) is 46.6. The van der Waals surface area contributed by atoms with Crippen molar-refractivity contribution in [2.75, 3.05) is 13.1 Å². The fourth-order valence-corrected chi connectivity index (χ4v) is 9.35. The molecule has 17 heteroatoms. The van der Waals surface area contributed by atoms with Crippen LogP contribution >= 0.6 is 0 Å². The second kappa shape index (κ2) is 17.0. The van der Waals surface area contributed by atoms with Gasteiger partial charge in [-0.2, -0.15) is 52.7 Å². The van der Waals surface area contributed by atoms with Gasteiger partial charge in [-0.15, -0.1) is 0 Å². The van der Waals surface area contributed by atoms with E-state index in [4.69, 9.17) is 0 Å². The number of aryl methyl sites for hydroxylation is 1. The molecular weight excluding hydrogens is 869 g/mol. The van der Waals surface area contributed by atoms with E-state index in [0.717, 1.165) is 97.1 Å². The standard InChI is InChI=1S/C47H42F12N2O3/c1-28-24-29(26-60-22-2-4-39(60)42(63,31-6-14-35(15-7-31)44(48,49)50)32-8-16-36(17-9-32)45(51,52)53)41(62)30(25-28)27-61-23-3-5-40(61)43(64,33-10-18-37(19-11-33)46(54,55)56)34-12-20-38(21-13-34)47(57,58)59/h6-21,24-25,39-40,62-64H,2-5,22-23,26-27H2,1H3/t39-,40-/m0/s1. The summed E-state index contributed by atoms with van der Waals surface area (Å²) >= 11 is 0. The Kier molecular flexibility index (Phi) is 12.5. The highest BCUT2D eigenvalue weighted by atomic mass is 19.4. The van der Waals surface area contributed by atoms with Crippen molar-refractivity contribution in [3.05, 3.63) is 170 Å². The van der Waals surface area contributed by atoms with E-state index in [1.54, 1.807) is 28.9 Å². The van der Waals surface area contributed by atoms with Crippen LogP contribution in [0.25, 0.3) is 0 Å². The van der Waals surface area contributed by atoms with Gasteiger partial charge < -0.3 is 15.3 Å². The first-order valence-electron chi connectivity index (χ1n) is 20.3. The lowest BCUT2D eigenvalue weighted by molar-refractivity contribution is -0.138. The van der Waals surface area contributed by atoms with Crippen molar-refractivity contribution in [2.24, 2.45) is 0 Å². The number of nitrogens with zero attached hydrogens (tertiary/aromatic N) is 2. The van der Waals surface area contributed by atoms with Crippen molar-refractivity contribution in [1.82, 2.24) is 9.80 Å². The molecule has 0 aliphatic carbocycles. The van der Waals surface area contributed by atoms with Crippen LogP contribution in [0.5, 0.6) is 5.75 Å². The summed E-state index contributed by atoms with van der Waals surface area (Å²) in [4.78, 5) is 3.58. The van der Waals surface area contributed by atoms with Gasteiger partial charge in [-0.25, -0.2) is 0 Å². The number of rotatable bonds is 10.